The molecule has 0 aliphatic carbocycles. The maximum absolute atomic E-state index is 13.0. The fourth-order valence-electron chi connectivity index (χ4n) is 2.90. The van der Waals surface area contributed by atoms with Crippen LogP contribution >= 0.6 is 0 Å². The van der Waals surface area contributed by atoms with Gasteiger partial charge in [0.1, 0.15) is 11.8 Å². The van der Waals surface area contributed by atoms with Crippen molar-refractivity contribution in [3.8, 4) is 5.75 Å². The molecule has 0 spiro atoms. The highest BCUT2D eigenvalue weighted by Crippen LogP contribution is 2.24. The van der Waals surface area contributed by atoms with Gasteiger partial charge >= 0.3 is 5.97 Å². The molecule has 2 rings (SSSR count). The number of nitrogens with two attached hydrogens (primary N) is 2. The largest absolute Gasteiger partial charge is 0.497 e. The van der Waals surface area contributed by atoms with E-state index in [0.717, 1.165) is 11.8 Å². The molecular formula is C21H30N4O5S. The molecule has 0 unspecified atom stereocenters. The molecule has 9 nitrogen and oxygen atoms in total. The quantitative estimate of drug-likeness (QED) is 0.194. The molecule has 2 aromatic carbocycles. The molecule has 0 amide bonds. The van der Waals surface area contributed by atoms with E-state index in [1.807, 2.05) is 13.0 Å². The molecule has 1 atom stereocenters. The second-order valence-electron chi connectivity index (χ2n) is 7.02. The Hall–Kier alpha value is -2.85. The van der Waals surface area contributed by atoms with Gasteiger partial charge in [-0.05, 0) is 54.3 Å². The minimum Gasteiger partial charge on any atom is -0.497 e. The van der Waals surface area contributed by atoms with Crippen molar-refractivity contribution in [2.45, 2.75) is 43.5 Å². The van der Waals surface area contributed by atoms with E-state index >= 15 is 0 Å². The smallest absolute Gasteiger partial charge is 0.324 e. The average Bonchev–Trinajstić information content (AvgIpc) is 2.74. The van der Waals surface area contributed by atoms with Crippen LogP contribution in [-0.4, -0.2) is 46.6 Å². The van der Waals surface area contributed by atoms with Gasteiger partial charge in [-0.3, -0.25) is 9.79 Å². The van der Waals surface area contributed by atoms with Crippen LogP contribution in [0.5, 0.6) is 5.75 Å². The number of benzene rings is 2. The summed E-state index contributed by atoms with van der Waals surface area (Å²) in [6.07, 6.45) is 2.16. The van der Waals surface area contributed by atoms with Crippen LogP contribution in [0, 0.1) is 0 Å². The molecule has 170 valence electrons. The molecule has 10 heteroatoms. The van der Waals surface area contributed by atoms with E-state index in [-0.39, 0.29) is 30.4 Å². The third-order valence-corrected chi connectivity index (χ3v) is 6.07. The van der Waals surface area contributed by atoms with Crippen molar-refractivity contribution >= 4 is 32.7 Å². The number of guanidine groups is 1. The number of carbonyl (C=O) groups is 1. The number of esters is 1. The minimum atomic E-state index is -3.98. The number of aliphatic imine (C=N–C) groups is 1. The van der Waals surface area contributed by atoms with E-state index in [2.05, 4.69) is 9.71 Å². The van der Waals surface area contributed by atoms with Crippen molar-refractivity contribution in [1.82, 2.24) is 4.72 Å². The molecule has 31 heavy (non-hydrogen) atoms. The number of sulfonamides is 1. The summed E-state index contributed by atoms with van der Waals surface area (Å²) in [7, 11) is -2.43. The monoisotopic (exact) mass is 450 g/mol. The Morgan fingerprint density at radius 1 is 1.13 bits per heavy atom. The Kier molecular flexibility index (Phi) is 9.07. The molecule has 0 aliphatic rings. The van der Waals surface area contributed by atoms with Crippen LogP contribution in [0.1, 0.15) is 32.6 Å². The van der Waals surface area contributed by atoms with Crippen LogP contribution in [0.4, 0.5) is 0 Å². The maximum Gasteiger partial charge on any atom is 0.324 e. The molecule has 0 saturated carbocycles. The highest BCUT2D eigenvalue weighted by Gasteiger charge is 2.27. The lowest BCUT2D eigenvalue weighted by Gasteiger charge is -2.18. The van der Waals surface area contributed by atoms with Crippen molar-refractivity contribution in [3.05, 3.63) is 36.4 Å². The first kappa shape index (κ1) is 24.4. The molecule has 0 aliphatic heterocycles. The van der Waals surface area contributed by atoms with Crippen LogP contribution in [0.25, 0.3) is 10.8 Å². The minimum absolute atomic E-state index is 0.0452. The number of fused-ring (bicyclic) bond motifs is 1. The van der Waals surface area contributed by atoms with Gasteiger partial charge < -0.3 is 20.9 Å². The van der Waals surface area contributed by atoms with Gasteiger partial charge in [-0.1, -0.05) is 25.5 Å². The van der Waals surface area contributed by atoms with Crippen LogP contribution in [0.2, 0.25) is 0 Å². The van der Waals surface area contributed by atoms with Gasteiger partial charge in [0, 0.05) is 6.54 Å². The van der Waals surface area contributed by atoms with E-state index in [9.17, 15) is 13.2 Å². The summed E-state index contributed by atoms with van der Waals surface area (Å²) in [5.74, 6) is -0.0643. The Labute approximate surface area is 182 Å². The predicted molar refractivity (Wildman–Crippen MR) is 120 cm³/mol. The number of nitrogens with one attached hydrogen (secondary N) is 1. The maximum atomic E-state index is 13.0. The van der Waals surface area contributed by atoms with Gasteiger partial charge in [-0.2, -0.15) is 4.72 Å². The molecule has 0 aromatic heterocycles. The molecule has 0 heterocycles. The first-order valence-corrected chi connectivity index (χ1v) is 11.6. The Balaban J connectivity index is 2.22. The van der Waals surface area contributed by atoms with E-state index in [0.29, 0.717) is 24.0 Å². The topological polar surface area (TPSA) is 146 Å². The number of rotatable bonds is 12. The average molecular weight is 451 g/mol. The summed E-state index contributed by atoms with van der Waals surface area (Å²) >= 11 is 0. The predicted octanol–water partition coefficient (Wildman–Crippen LogP) is 1.89. The van der Waals surface area contributed by atoms with Crippen molar-refractivity contribution in [1.29, 1.82) is 0 Å². The van der Waals surface area contributed by atoms with Crippen LogP contribution < -0.4 is 20.9 Å². The van der Waals surface area contributed by atoms with E-state index in [4.69, 9.17) is 20.9 Å². The van der Waals surface area contributed by atoms with Crippen molar-refractivity contribution in [2.75, 3.05) is 20.3 Å². The number of hydrogen-bond donors (Lipinski definition) is 3. The summed E-state index contributed by atoms with van der Waals surface area (Å²) in [5.41, 5.74) is 10.6. The third kappa shape index (κ3) is 7.41. The van der Waals surface area contributed by atoms with Crippen molar-refractivity contribution in [3.63, 3.8) is 0 Å². The lowest BCUT2D eigenvalue weighted by molar-refractivity contribution is -0.146. The summed E-state index contributed by atoms with van der Waals surface area (Å²) < 4.78 is 38.9. The zero-order chi connectivity index (χ0) is 22.9. The molecule has 2 aromatic rings. The van der Waals surface area contributed by atoms with E-state index in [1.165, 1.54) is 6.07 Å². The first-order valence-electron chi connectivity index (χ1n) is 10.1. The number of hydrogen-bond acceptors (Lipinski definition) is 6. The van der Waals surface area contributed by atoms with Gasteiger partial charge in [0.15, 0.2) is 5.96 Å². The van der Waals surface area contributed by atoms with Crippen molar-refractivity contribution in [2.24, 2.45) is 16.5 Å². The second kappa shape index (κ2) is 11.5. The fourth-order valence-corrected chi connectivity index (χ4v) is 4.15. The molecule has 0 bridgehead atoms. The summed E-state index contributed by atoms with van der Waals surface area (Å²) in [6, 6.07) is 9.09. The fraction of sp³-hybridized carbons (Fsp3) is 0.429. The van der Waals surface area contributed by atoms with Crippen LogP contribution in [-0.2, 0) is 19.6 Å². The third-order valence-electron chi connectivity index (χ3n) is 4.60. The van der Waals surface area contributed by atoms with Gasteiger partial charge in [0.25, 0.3) is 0 Å². The summed E-state index contributed by atoms with van der Waals surface area (Å²) in [4.78, 5) is 16.4. The number of nitrogens with zero attached hydrogens (tertiary/aromatic N) is 1. The van der Waals surface area contributed by atoms with Crippen LogP contribution in [0.15, 0.2) is 46.3 Å². The molecule has 5 N–H and O–H groups in total. The number of ether oxygens (including phenoxy) is 2. The highest BCUT2D eigenvalue weighted by atomic mass is 32.2. The Morgan fingerprint density at radius 2 is 1.87 bits per heavy atom. The van der Waals surface area contributed by atoms with Gasteiger partial charge in [0.2, 0.25) is 10.0 Å². The lowest BCUT2D eigenvalue weighted by atomic mass is 10.1. The summed E-state index contributed by atoms with van der Waals surface area (Å²) in [5, 5.41) is 1.57. The Bertz CT molecular complexity index is 1020. The number of carbonyl (C=O) groups excluding carboxylic acids is 1. The normalized spacial score (nSPS) is 12.3. The van der Waals surface area contributed by atoms with Crippen molar-refractivity contribution < 1.29 is 22.7 Å². The highest BCUT2D eigenvalue weighted by molar-refractivity contribution is 7.89. The molecular weight excluding hydrogens is 420 g/mol. The molecule has 0 fully saturated rings. The first-order chi connectivity index (χ1) is 14.8. The zero-order valence-electron chi connectivity index (χ0n) is 17.8. The summed E-state index contributed by atoms with van der Waals surface area (Å²) in [6.45, 7) is 2.48. The number of methoxy groups -OCH3 is 1. The van der Waals surface area contributed by atoms with E-state index < -0.39 is 22.0 Å². The number of unbranched alkanes of at least 4 members (excludes halogenated alkanes) is 1. The second-order valence-corrected chi connectivity index (χ2v) is 8.73. The van der Waals surface area contributed by atoms with Gasteiger partial charge in [-0.25, -0.2) is 8.42 Å². The standard InChI is InChI=1S/C21H30N4O5S/c1-3-4-12-30-20(26)19(6-5-11-24-21(22)23)25-31(27,28)18-10-8-15-7-9-17(29-2)13-16(15)14-18/h7-10,13-14,19,25H,3-6,11-12H2,1-2H3,(H4,22,23,24)/t19-/m0/s1. The lowest BCUT2D eigenvalue weighted by Crippen LogP contribution is -2.42. The zero-order valence-corrected chi connectivity index (χ0v) is 18.7. The molecule has 0 saturated heterocycles. The molecule has 0 radical (unpaired) electrons. The SMILES string of the molecule is CCCCOC(=O)[C@H](CCCN=C(N)N)NS(=O)(=O)c1ccc2ccc(OC)cc2c1. The van der Waals surface area contributed by atoms with Crippen LogP contribution in [0.3, 0.4) is 0 Å². The van der Waals surface area contributed by atoms with Gasteiger partial charge in [-0.15, -0.1) is 0 Å². The Morgan fingerprint density at radius 3 is 2.55 bits per heavy atom. The van der Waals surface area contributed by atoms with E-state index in [1.54, 1.807) is 31.4 Å². The van der Waals surface area contributed by atoms with Gasteiger partial charge in [0.05, 0.1) is 18.6 Å².